The summed E-state index contributed by atoms with van der Waals surface area (Å²) in [6.07, 6.45) is 2.91. The number of hydrogen-bond donors (Lipinski definition) is 1. The van der Waals surface area contributed by atoms with E-state index in [0.29, 0.717) is 12.6 Å². The van der Waals surface area contributed by atoms with Gasteiger partial charge in [-0.15, -0.1) is 0 Å². The lowest BCUT2D eigenvalue weighted by Crippen LogP contribution is -2.44. The van der Waals surface area contributed by atoms with Crippen molar-refractivity contribution in [1.29, 1.82) is 0 Å². The normalized spacial score (nSPS) is 18.8. The van der Waals surface area contributed by atoms with Crippen molar-refractivity contribution in [3.63, 3.8) is 0 Å². The number of aromatic nitrogens is 1. The highest BCUT2D eigenvalue weighted by molar-refractivity contribution is 5.30. The average molecular weight is 267 g/mol. The summed E-state index contributed by atoms with van der Waals surface area (Å²) in [7, 11) is 0. The molecule has 3 nitrogen and oxygen atoms in total. The second kappa shape index (κ2) is 5.73. The van der Waals surface area contributed by atoms with Crippen molar-refractivity contribution in [1.82, 2.24) is 9.88 Å². The highest BCUT2D eigenvalue weighted by Gasteiger charge is 2.25. The molecule has 1 atom stereocenters. The van der Waals surface area contributed by atoms with Gasteiger partial charge in [0.2, 0.25) is 0 Å². The summed E-state index contributed by atoms with van der Waals surface area (Å²) in [5, 5.41) is 0. The molecule has 20 heavy (non-hydrogen) atoms. The van der Waals surface area contributed by atoms with E-state index in [9.17, 15) is 0 Å². The minimum absolute atomic E-state index is 0.409. The molecule has 0 amide bonds. The van der Waals surface area contributed by atoms with Crippen LogP contribution in [0.1, 0.15) is 22.4 Å². The van der Waals surface area contributed by atoms with E-state index in [1.54, 1.807) is 0 Å². The molecule has 1 aliphatic rings. The van der Waals surface area contributed by atoms with Crippen LogP contribution in [0.3, 0.4) is 0 Å². The number of benzene rings is 1. The van der Waals surface area contributed by atoms with Crippen molar-refractivity contribution in [3.05, 3.63) is 65.0 Å². The molecule has 3 heteroatoms. The number of rotatable bonds is 3. The zero-order chi connectivity index (χ0) is 13.9. The van der Waals surface area contributed by atoms with Gasteiger partial charge in [0.25, 0.3) is 0 Å². The van der Waals surface area contributed by atoms with E-state index in [4.69, 9.17) is 5.73 Å². The maximum Gasteiger partial charge on any atom is 0.0573 e. The van der Waals surface area contributed by atoms with Crippen molar-refractivity contribution in [3.8, 4) is 0 Å². The standard InChI is InChI=1S/C17H21N3/c1-13-5-4-8-19-17(13)12-20-11-15-7-3-2-6-14(15)9-16(20)10-18/h2-8,16H,9-12,18H2,1H3. The number of hydrogen-bond acceptors (Lipinski definition) is 3. The zero-order valence-electron chi connectivity index (χ0n) is 11.9. The molecular weight excluding hydrogens is 246 g/mol. The van der Waals surface area contributed by atoms with Gasteiger partial charge in [-0.3, -0.25) is 9.88 Å². The summed E-state index contributed by atoms with van der Waals surface area (Å²) in [6, 6.07) is 13.2. The van der Waals surface area contributed by atoms with E-state index in [1.165, 1.54) is 16.7 Å². The van der Waals surface area contributed by atoms with Gasteiger partial charge in [0.15, 0.2) is 0 Å². The predicted octanol–water partition coefficient (Wildman–Crippen LogP) is 2.28. The molecule has 1 aromatic carbocycles. The predicted molar refractivity (Wildman–Crippen MR) is 81.2 cm³/mol. The minimum atomic E-state index is 0.409. The SMILES string of the molecule is Cc1cccnc1CN1Cc2ccccc2CC1CN. The van der Waals surface area contributed by atoms with E-state index in [1.807, 2.05) is 12.3 Å². The number of pyridine rings is 1. The van der Waals surface area contributed by atoms with Crippen LogP contribution in [0, 0.1) is 6.92 Å². The molecule has 0 aliphatic carbocycles. The highest BCUT2D eigenvalue weighted by atomic mass is 15.2. The van der Waals surface area contributed by atoms with Gasteiger partial charge in [0.1, 0.15) is 0 Å². The molecule has 2 heterocycles. The molecule has 104 valence electrons. The fourth-order valence-corrected chi connectivity index (χ4v) is 2.94. The first-order valence-electron chi connectivity index (χ1n) is 7.19. The molecule has 0 spiro atoms. The van der Waals surface area contributed by atoms with Crippen LogP contribution in [-0.2, 0) is 19.5 Å². The van der Waals surface area contributed by atoms with Gasteiger partial charge in [-0.05, 0) is 36.1 Å². The van der Waals surface area contributed by atoms with Crippen molar-refractivity contribution in [2.75, 3.05) is 6.54 Å². The zero-order valence-corrected chi connectivity index (χ0v) is 11.9. The summed E-state index contributed by atoms with van der Waals surface area (Å²) < 4.78 is 0. The summed E-state index contributed by atoms with van der Waals surface area (Å²) in [5.74, 6) is 0. The van der Waals surface area contributed by atoms with Gasteiger partial charge in [-0.25, -0.2) is 0 Å². The number of aryl methyl sites for hydroxylation is 1. The lowest BCUT2D eigenvalue weighted by molar-refractivity contribution is 0.164. The number of nitrogens with zero attached hydrogens (tertiary/aromatic N) is 2. The first-order valence-corrected chi connectivity index (χ1v) is 7.19. The van der Waals surface area contributed by atoms with Crippen LogP contribution in [0.5, 0.6) is 0 Å². The molecule has 3 rings (SSSR count). The molecule has 1 aliphatic heterocycles. The second-order valence-corrected chi connectivity index (χ2v) is 5.53. The quantitative estimate of drug-likeness (QED) is 0.927. The van der Waals surface area contributed by atoms with Gasteiger partial charge in [0.05, 0.1) is 5.69 Å². The van der Waals surface area contributed by atoms with E-state index < -0.39 is 0 Å². The average Bonchev–Trinajstić information content (AvgIpc) is 2.49. The van der Waals surface area contributed by atoms with Crippen LogP contribution in [-0.4, -0.2) is 22.5 Å². The van der Waals surface area contributed by atoms with E-state index in [-0.39, 0.29) is 0 Å². The Morgan fingerprint density at radius 3 is 2.75 bits per heavy atom. The van der Waals surface area contributed by atoms with Crippen molar-refractivity contribution >= 4 is 0 Å². The lowest BCUT2D eigenvalue weighted by Gasteiger charge is -2.36. The molecule has 0 fully saturated rings. The van der Waals surface area contributed by atoms with Crippen LogP contribution >= 0.6 is 0 Å². The second-order valence-electron chi connectivity index (χ2n) is 5.53. The fraction of sp³-hybridized carbons (Fsp3) is 0.353. The third-order valence-electron chi connectivity index (χ3n) is 4.21. The largest absolute Gasteiger partial charge is 0.329 e. The molecule has 0 saturated carbocycles. The first-order chi connectivity index (χ1) is 9.78. The van der Waals surface area contributed by atoms with Crippen molar-refractivity contribution in [2.45, 2.75) is 32.5 Å². The van der Waals surface area contributed by atoms with Gasteiger partial charge in [0, 0.05) is 31.9 Å². The van der Waals surface area contributed by atoms with Gasteiger partial charge >= 0.3 is 0 Å². The Morgan fingerprint density at radius 1 is 1.20 bits per heavy atom. The van der Waals surface area contributed by atoms with Crippen LogP contribution in [0.2, 0.25) is 0 Å². The molecule has 0 bridgehead atoms. The Balaban J connectivity index is 1.84. The maximum absolute atomic E-state index is 5.98. The van der Waals surface area contributed by atoms with Gasteiger partial charge in [-0.2, -0.15) is 0 Å². The van der Waals surface area contributed by atoms with Crippen molar-refractivity contribution < 1.29 is 0 Å². The van der Waals surface area contributed by atoms with Crippen LogP contribution in [0.4, 0.5) is 0 Å². The summed E-state index contributed by atoms with van der Waals surface area (Å²) in [5.41, 5.74) is 11.3. The van der Waals surface area contributed by atoms with Crippen LogP contribution in [0.25, 0.3) is 0 Å². The molecule has 1 aromatic heterocycles. The minimum Gasteiger partial charge on any atom is -0.329 e. The molecule has 0 radical (unpaired) electrons. The van der Waals surface area contributed by atoms with E-state index >= 15 is 0 Å². The van der Waals surface area contributed by atoms with Crippen molar-refractivity contribution in [2.24, 2.45) is 5.73 Å². The number of fused-ring (bicyclic) bond motifs is 1. The topological polar surface area (TPSA) is 42.2 Å². The van der Waals surface area contributed by atoms with E-state index in [2.05, 4.69) is 47.1 Å². The third-order valence-corrected chi connectivity index (χ3v) is 4.21. The summed E-state index contributed by atoms with van der Waals surface area (Å²) in [4.78, 5) is 6.97. The monoisotopic (exact) mass is 267 g/mol. The van der Waals surface area contributed by atoms with Crippen LogP contribution in [0.15, 0.2) is 42.6 Å². The maximum atomic E-state index is 5.98. The third kappa shape index (κ3) is 2.60. The van der Waals surface area contributed by atoms with Gasteiger partial charge < -0.3 is 5.73 Å². The number of nitrogens with two attached hydrogens (primary N) is 1. The molecule has 2 N–H and O–H groups in total. The molecule has 0 saturated heterocycles. The van der Waals surface area contributed by atoms with Gasteiger partial charge in [-0.1, -0.05) is 30.3 Å². The Labute approximate surface area is 120 Å². The van der Waals surface area contributed by atoms with Crippen LogP contribution < -0.4 is 5.73 Å². The smallest absolute Gasteiger partial charge is 0.0573 e. The first kappa shape index (κ1) is 13.3. The Morgan fingerprint density at radius 2 is 2.00 bits per heavy atom. The molecule has 2 aromatic rings. The fourth-order valence-electron chi connectivity index (χ4n) is 2.94. The Hall–Kier alpha value is -1.71. The summed E-state index contributed by atoms with van der Waals surface area (Å²) in [6.45, 7) is 4.66. The molecular formula is C17H21N3. The Bertz CT molecular complexity index is 594. The Kier molecular flexibility index (Phi) is 3.81. The highest BCUT2D eigenvalue weighted by Crippen LogP contribution is 2.24. The lowest BCUT2D eigenvalue weighted by atomic mass is 9.93. The molecule has 1 unspecified atom stereocenters. The summed E-state index contributed by atoms with van der Waals surface area (Å²) >= 11 is 0. The van der Waals surface area contributed by atoms with E-state index in [0.717, 1.165) is 25.2 Å².